The molecular weight excluding hydrogens is 392 g/mol. The molecule has 4 rings (SSSR count). The maximum absolute atomic E-state index is 12.5. The summed E-state index contributed by atoms with van der Waals surface area (Å²) in [6, 6.07) is 7.14. The van der Waals surface area contributed by atoms with Crippen LogP contribution in [0.2, 0.25) is 5.02 Å². The molecule has 0 spiro atoms. The van der Waals surface area contributed by atoms with Gasteiger partial charge in [0.2, 0.25) is 0 Å². The van der Waals surface area contributed by atoms with E-state index >= 15 is 0 Å². The van der Waals surface area contributed by atoms with Gasteiger partial charge in [0.25, 0.3) is 5.91 Å². The van der Waals surface area contributed by atoms with Gasteiger partial charge in [-0.15, -0.1) is 0 Å². The lowest BCUT2D eigenvalue weighted by molar-refractivity contribution is -0.127. The molecule has 2 saturated heterocycles. The smallest absolute Gasteiger partial charge is 0.325 e. The number of carbonyl (C=O) groups excluding carboxylic acids is 2. The Bertz CT molecular complexity index is 823. The molecule has 8 nitrogen and oxygen atoms in total. The van der Waals surface area contributed by atoms with E-state index in [1.807, 2.05) is 18.2 Å². The Morgan fingerprint density at radius 1 is 1.21 bits per heavy atom. The number of benzene rings is 1. The predicted octanol–water partition coefficient (Wildman–Crippen LogP) is 1.46. The molecule has 0 saturated carbocycles. The van der Waals surface area contributed by atoms with E-state index in [1.165, 1.54) is 4.90 Å². The number of amidine groups is 1. The van der Waals surface area contributed by atoms with Crippen molar-refractivity contribution in [3.8, 4) is 0 Å². The Labute approximate surface area is 176 Å². The van der Waals surface area contributed by atoms with Crippen molar-refractivity contribution >= 4 is 35.1 Å². The molecule has 3 amide bonds. The average molecular weight is 419 g/mol. The van der Waals surface area contributed by atoms with Gasteiger partial charge in [-0.1, -0.05) is 24.6 Å². The summed E-state index contributed by atoms with van der Waals surface area (Å²) < 4.78 is 0. The van der Waals surface area contributed by atoms with E-state index in [-0.39, 0.29) is 11.9 Å². The van der Waals surface area contributed by atoms with Crippen molar-refractivity contribution in [2.75, 3.05) is 51.2 Å². The van der Waals surface area contributed by atoms with E-state index in [0.717, 1.165) is 55.7 Å². The number of aliphatic imine (C=N–C) groups is 1. The minimum atomic E-state index is -0.439. The second-order valence-corrected chi connectivity index (χ2v) is 8.18. The lowest BCUT2D eigenvalue weighted by atomic mass is 10.1. The Morgan fingerprint density at radius 2 is 1.97 bits per heavy atom. The number of nitrogens with zero attached hydrogens (tertiary/aromatic N) is 5. The molecule has 2 fully saturated rings. The van der Waals surface area contributed by atoms with Crippen LogP contribution in [0.15, 0.2) is 29.3 Å². The highest BCUT2D eigenvalue weighted by Crippen LogP contribution is 2.25. The number of fused-ring (bicyclic) bond motifs is 1. The molecule has 0 aliphatic carbocycles. The van der Waals surface area contributed by atoms with Crippen LogP contribution in [0.5, 0.6) is 0 Å². The van der Waals surface area contributed by atoms with E-state index in [2.05, 4.69) is 33.0 Å². The molecule has 3 aliphatic rings. The quantitative estimate of drug-likeness (QED) is 0.783. The van der Waals surface area contributed by atoms with Gasteiger partial charge in [-0.25, -0.2) is 9.79 Å². The number of hydrogen-bond acceptors (Lipinski definition) is 6. The van der Waals surface area contributed by atoms with Crippen LogP contribution in [0.4, 0.5) is 10.5 Å². The zero-order valence-corrected chi connectivity index (χ0v) is 17.6. The number of imide groups is 1. The first kappa shape index (κ1) is 20.0. The maximum atomic E-state index is 12.5. The summed E-state index contributed by atoms with van der Waals surface area (Å²) >= 11 is 6.13. The normalized spacial score (nSPS) is 25.2. The summed E-state index contributed by atoms with van der Waals surface area (Å²) in [7, 11) is 1.69. The van der Waals surface area contributed by atoms with Gasteiger partial charge in [0.05, 0.1) is 6.54 Å². The van der Waals surface area contributed by atoms with Crippen molar-refractivity contribution in [1.29, 1.82) is 0 Å². The first-order valence-electron chi connectivity index (χ1n) is 10.1. The van der Waals surface area contributed by atoms with Crippen LogP contribution in [0.3, 0.4) is 0 Å². The first-order chi connectivity index (χ1) is 14.0. The Kier molecular flexibility index (Phi) is 5.65. The summed E-state index contributed by atoms with van der Waals surface area (Å²) in [4.78, 5) is 37.5. The molecule has 2 unspecified atom stereocenters. The van der Waals surface area contributed by atoms with E-state index in [1.54, 1.807) is 7.05 Å². The van der Waals surface area contributed by atoms with Gasteiger partial charge < -0.3 is 14.7 Å². The van der Waals surface area contributed by atoms with Crippen LogP contribution in [0.1, 0.15) is 13.3 Å². The molecule has 0 radical (unpaired) electrons. The molecule has 3 aliphatic heterocycles. The monoisotopic (exact) mass is 418 g/mol. The van der Waals surface area contributed by atoms with Crippen molar-refractivity contribution in [1.82, 2.24) is 20.0 Å². The van der Waals surface area contributed by atoms with Crippen molar-refractivity contribution in [2.45, 2.75) is 25.6 Å². The van der Waals surface area contributed by atoms with Crippen molar-refractivity contribution in [3.63, 3.8) is 0 Å². The lowest BCUT2D eigenvalue weighted by Crippen LogP contribution is -2.64. The van der Waals surface area contributed by atoms with Gasteiger partial charge >= 0.3 is 6.03 Å². The molecule has 1 aromatic rings. The lowest BCUT2D eigenvalue weighted by Gasteiger charge is -2.38. The topological polar surface area (TPSA) is 71.5 Å². The van der Waals surface area contributed by atoms with Gasteiger partial charge in [-0.2, -0.15) is 0 Å². The van der Waals surface area contributed by atoms with Gasteiger partial charge in [-0.3, -0.25) is 15.0 Å². The number of anilines is 1. The van der Waals surface area contributed by atoms with Gasteiger partial charge in [0, 0.05) is 50.5 Å². The number of amides is 3. The molecule has 3 heterocycles. The number of piperazine rings is 1. The molecule has 0 bridgehead atoms. The fraction of sp³-hybridized carbons (Fsp3) is 0.550. The molecule has 9 heteroatoms. The third-order valence-electron chi connectivity index (χ3n) is 5.82. The number of halogens is 1. The van der Waals surface area contributed by atoms with Gasteiger partial charge in [-0.05, 0) is 24.6 Å². The standard InChI is InChI=1S/C20H27ClN6O2/c1-3-7-27-16(22-18-17(27)19(28)23-20(29)24(18)2)13-25-8-10-26(11-9-25)15-6-4-5-14(21)12-15/h4-6,12,17-18H,3,7-11,13H2,1-2H3,(H,23,28,29). The highest BCUT2D eigenvalue weighted by Gasteiger charge is 2.48. The van der Waals surface area contributed by atoms with Crippen molar-refractivity contribution in [3.05, 3.63) is 29.3 Å². The fourth-order valence-electron chi connectivity index (χ4n) is 4.26. The minimum Gasteiger partial charge on any atom is -0.369 e. The molecular formula is C20H27ClN6O2. The fourth-order valence-corrected chi connectivity index (χ4v) is 4.44. The minimum absolute atomic E-state index is 0.254. The summed E-state index contributed by atoms with van der Waals surface area (Å²) in [5.74, 6) is 0.644. The molecule has 1 N–H and O–H groups in total. The summed E-state index contributed by atoms with van der Waals surface area (Å²) in [6.07, 6.45) is 0.473. The van der Waals surface area contributed by atoms with Crippen molar-refractivity contribution in [2.24, 2.45) is 4.99 Å². The highest BCUT2D eigenvalue weighted by atomic mass is 35.5. The van der Waals surface area contributed by atoms with Gasteiger partial charge in [0.15, 0.2) is 12.2 Å². The number of likely N-dealkylation sites (N-methyl/N-ethyl adjacent to an activating group) is 1. The van der Waals surface area contributed by atoms with Gasteiger partial charge in [0.1, 0.15) is 5.84 Å². The van der Waals surface area contributed by atoms with Crippen LogP contribution in [-0.2, 0) is 4.79 Å². The Hall–Kier alpha value is -2.32. The predicted molar refractivity (Wildman–Crippen MR) is 113 cm³/mol. The Morgan fingerprint density at radius 3 is 2.66 bits per heavy atom. The molecule has 1 aromatic carbocycles. The molecule has 156 valence electrons. The maximum Gasteiger partial charge on any atom is 0.325 e. The van der Waals surface area contributed by atoms with E-state index in [0.29, 0.717) is 6.54 Å². The summed E-state index contributed by atoms with van der Waals surface area (Å²) in [5, 5.41) is 3.19. The number of urea groups is 1. The second-order valence-electron chi connectivity index (χ2n) is 7.75. The third kappa shape index (κ3) is 3.91. The largest absolute Gasteiger partial charge is 0.369 e. The third-order valence-corrected chi connectivity index (χ3v) is 6.06. The van der Waals surface area contributed by atoms with Crippen LogP contribution in [0, 0.1) is 0 Å². The average Bonchev–Trinajstić information content (AvgIpc) is 3.06. The first-order valence-corrected chi connectivity index (χ1v) is 10.5. The Balaban J connectivity index is 1.43. The van der Waals surface area contributed by atoms with E-state index < -0.39 is 12.2 Å². The summed E-state index contributed by atoms with van der Waals surface area (Å²) in [5.41, 5.74) is 1.14. The van der Waals surface area contributed by atoms with Crippen LogP contribution < -0.4 is 10.2 Å². The van der Waals surface area contributed by atoms with Crippen LogP contribution in [-0.4, -0.2) is 91.0 Å². The zero-order chi connectivity index (χ0) is 20.5. The van der Waals surface area contributed by atoms with E-state index in [9.17, 15) is 9.59 Å². The SMILES string of the molecule is CCCN1C(CN2CCN(c3cccc(Cl)c3)CC2)=NC2C1C(=O)NC(=O)N2C. The van der Waals surface area contributed by atoms with Crippen LogP contribution in [0.25, 0.3) is 0 Å². The number of rotatable bonds is 5. The van der Waals surface area contributed by atoms with Crippen molar-refractivity contribution < 1.29 is 9.59 Å². The molecule has 0 aromatic heterocycles. The number of carbonyl (C=O) groups is 2. The number of nitrogens with one attached hydrogen (secondary N) is 1. The van der Waals surface area contributed by atoms with E-state index in [4.69, 9.17) is 16.6 Å². The summed E-state index contributed by atoms with van der Waals surface area (Å²) in [6.45, 7) is 7.15. The number of hydrogen-bond donors (Lipinski definition) is 1. The molecule has 2 atom stereocenters. The zero-order valence-electron chi connectivity index (χ0n) is 16.8. The van der Waals surface area contributed by atoms with Crippen LogP contribution >= 0.6 is 11.6 Å². The highest BCUT2D eigenvalue weighted by molar-refractivity contribution is 6.30. The molecule has 29 heavy (non-hydrogen) atoms. The second kappa shape index (κ2) is 8.20.